The number of morpholine rings is 1. The highest BCUT2D eigenvalue weighted by Gasteiger charge is 2.22. The van der Waals surface area contributed by atoms with Crippen molar-refractivity contribution in [2.24, 2.45) is 0 Å². The van der Waals surface area contributed by atoms with E-state index >= 15 is 0 Å². The fourth-order valence-corrected chi connectivity index (χ4v) is 1.34. The second-order valence-corrected chi connectivity index (χ2v) is 3.14. The highest BCUT2D eigenvalue weighted by atomic mass is 16.5. The molecule has 0 radical (unpaired) electrons. The summed E-state index contributed by atoms with van der Waals surface area (Å²) in [4.78, 5) is 11.7. The Hall–Kier alpha value is -1.40. The van der Waals surface area contributed by atoms with Crippen LogP contribution in [0.3, 0.4) is 0 Å². The van der Waals surface area contributed by atoms with Crippen molar-refractivity contribution in [3.63, 3.8) is 0 Å². The summed E-state index contributed by atoms with van der Waals surface area (Å²) in [7, 11) is 0. The Bertz CT molecular complexity index is 330. The molecule has 1 aromatic heterocycles. The standard InChI is InChI=1S/C8H12N4O2/c9-6-3-11-12(4-6)8(13)7-5-14-2-1-10-7/h3-4,7,10H,1-2,5,9H2. The maximum Gasteiger partial charge on any atom is 0.266 e. The van der Waals surface area contributed by atoms with E-state index in [1.807, 2.05) is 0 Å². The van der Waals surface area contributed by atoms with E-state index in [0.717, 1.165) is 0 Å². The fourth-order valence-electron chi connectivity index (χ4n) is 1.34. The second kappa shape index (κ2) is 3.77. The average molecular weight is 196 g/mol. The van der Waals surface area contributed by atoms with Crippen molar-refractivity contribution >= 4 is 11.6 Å². The summed E-state index contributed by atoms with van der Waals surface area (Å²) < 4.78 is 6.41. The Balaban J connectivity index is 2.07. The first-order valence-electron chi connectivity index (χ1n) is 4.43. The van der Waals surface area contributed by atoms with E-state index in [1.165, 1.54) is 17.1 Å². The first-order chi connectivity index (χ1) is 6.77. The number of aromatic nitrogens is 2. The van der Waals surface area contributed by atoms with Gasteiger partial charge in [0.25, 0.3) is 5.91 Å². The minimum absolute atomic E-state index is 0.138. The van der Waals surface area contributed by atoms with Gasteiger partial charge in [-0.05, 0) is 0 Å². The van der Waals surface area contributed by atoms with Gasteiger partial charge in [-0.2, -0.15) is 5.10 Å². The van der Waals surface area contributed by atoms with Gasteiger partial charge in [-0.15, -0.1) is 0 Å². The quantitative estimate of drug-likeness (QED) is 0.608. The van der Waals surface area contributed by atoms with Gasteiger partial charge in [-0.3, -0.25) is 4.79 Å². The molecule has 14 heavy (non-hydrogen) atoms. The van der Waals surface area contributed by atoms with Crippen molar-refractivity contribution in [2.45, 2.75) is 6.04 Å². The van der Waals surface area contributed by atoms with Crippen LogP contribution in [0.2, 0.25) is 0 Å². The zero-order valence-electron chi connectivity index (χ0n) is 7.64. The normalized spacial score (nSPS) is 22.1. The topological polar surface area (TPSA) is 82.2 Å². The monoisotopic (exact) mass is 196 g/mol. The van der Waals surface area contributed by atoms with E-state index in [2.05, 4.69) is 10.4 Å². The molecule has 0 bridgehead atoms. The SMILES string of the molecule is Nc1cnn(C(=O)C2COCCN2)c1. The van der Waals surface area contributed by atoms with Crippen molar-refractivity contribution < 1.29 is 9.53 Å². The van der Waals surface area contributed by atoms with Gasteiger partial charge < -0.3 is 15.8 Å². The van der Waals surface area contributed by atoms with E-state index in [9.17, 15) is 4.79 Å². The Morgan fingerprint density at radius 1 is 1.79 bits per heavy atom. The smallest absolute Gasteiger partial charge is 0.266 e. The summed E-state index contributed by atoms with van der Waals surface area (Å²) >= 11 is 0. The summed E-state index contributed by atoms with van der Waals surface area (Å²) in [5.74, 6) is -0.138. The Kier molecular flexibility index (Phi) is 2.47. The van der Waals surface area contributed by atoms with Gasteiger partial charge >= 0.3 is 0 Å². The van der Waals surface area contributed by atoms with Crippen LogP contribution in [0.5, 0.6) is 0 Å². The lowest BCUT2D eigenvalue weighted by Gasteiger charge is -2.21. The number of rotatable bonds is 1. The molecule has 1 aromatic rings. The molecule has 6 nitrogen and oxygen atoms in total. The first-order valence-corrected chi connectivity index (χ1v) is 4.43. The van der Waals surface area contributed by atoms with E-state index in [0.29, 0.717) is 25.4 Å². The van der Waals surface area contributed by atoms with Crippen LogP contribution >= 0.6 is 0 Å². The highest BCUT2D eigenvalue weighted by Crippen LogP contribution is 2.01. The number of hydrogen-bond acceptors (Lipinski definition) is 5. The van der Waals surface area contributed by atoms with E-state index in [-0.39, 0.29) is 11.9 Å². The van der Waals surface area contributed by atoms with Crippen LogP contribution < -0.4 is 11.1 Å². The number of ether oxygens (including phenoxy) is 1. The third-order valence-corrected chi connectivity index (χ3v) is 2.05. The molecule has 1 saturated heterocycles. The summed E-state index contributed by atoms with van der Waals surface area (Å²) in [6, 6.07) is -0.317. The Labute approximate surface area is 81.0 Å². The van der Waals surface area contributed by atoms with Gasteiger partial charge in [0.2, 0.25) is 0 Å². The summed E-state index contributed by atoms with van der Waals surface area (Å²) in [6.07, 6.45) is 2.94. The van der Waals surface area contributed by atoms with Gasteiger partial charge in [0.1, 0.15) is 6.04 Å². The molecule has 0 spiro atoms. The molecular formula is C8H12N4O2. The number of nitrogens with two attached hydrogens (primary N) is 1. The molecule has 0 aliphatic carbocycles. The zero-order chi connectivity index (χ0) is 9.97. The minimum Gasteiger partial charge on any atom is -0.396 e. The maximum absolute atomic E-state index is 11.7. The van der Waals surface area contributed by atoms with Gasteiger partial charge in [0.05, 0.1) is 31.3 Å². The zero-order valence-corrected chi connectivity index (χ0v) is 7.64. The molecule has 1 aliphatic rings. The van der Waals surface area contributed by atoms with Gasteiger partial charge in [0, 0.05) is 6.54 Å². The first kappa shape index (κ1) is 9.17. The number of carbonyl (C=O) groups is 1. The van der Waals surface area contributed by atoms with Crippen molar-refractivity contribution in [3.05, 3.63) is 12.4 Å². The largest absolute Gasteiger partial charge is 0.396 e. The van der Waals surface area contributed by atoms with Gasteiger partial charge in [-0.1, -0.05) is 0 Å². The molecule has 1 aliphatic heterocycles. The lowest BCUT2D eigenvalue weighted by atomic mass is 10.2. The predicted octanol–water partition coefficient (Wildman–Crippen LogP) is -0.906. The van der Waals surface area contributed by atoms with Crippen LogP contribution in [0.1, 0.15) is 4.79 Å². The maximum atomic E-state index is 11.7. The molecule has 1 fully saturated rings. The lowest BCUT2D eigenvalue weighted by Crippen LogP contribution is -2.48. The molecule has 0 aromatic carbocycles. The molecule has 1 unspecified atom stereocenters. The van der Waals surface area contributed by atoms with Gasteiger partial charge in [0.15, 0.2) is 0 Å². The molecule has 76 valence electrons. The van der Waals surface area contributed by atoms with Crippen LogP contribution in [0.4, 0.5) is 5.69 Å². The summed E-state index contributed by atoms with van der Waals surface area (Å²) in [5, 5.41) is 6.89. The second-order valence-electron chi connectivity index (χ2n) is 3.14. The average Bonchev–Trinajstić information content (AvgIpc) is 2.65. The van der Waals surface area contributed by atoms with Gasteiger partial charge in [-0.25, -0.2) is 4.68 Å². The van der Waals surface area contributed by atoms with Crippen molar-refractivity contribution in [1.29, 1.82) is 0 Å². The van der Waals surface area contributed by atoms with E-state index in [4.69, 9.17) is 10.5 Å². The van der Waals surface area contributed by atoms with Crippen molar-refractivity contribution in [3.8, 4) is 0 Å². The third-order valence-electron chi connectivity index (χ3n) is 2.05. The molecule has 0 saturated carbocycles. The molecule has 2 heterocycles. The van der Waals surface area contributed by atoms with Crippen LogP contribution in [0.15, 0.2) is 12.4 Å². The number of anilines is 1. The number of nitrogens with one attached hydrogen (secondary N) is 1. The van der Waals surface area contributed by atoms with Crippen molar-refractivity contribution in [1.82, 2.24) is 15.1 Å². The van der Waals surface area contributed by atoms with Crippen LogP contribution in [-0.4, -0.2) is 41.5 Å². The summed E-state index contributed by atoms with van der Waals surface area (Å²) in [5.41, 5.74) is 5.94. The van der Waals surface area contributed by atoms with E-state index in [1.54, 1.807) is 0 Å². The summed E-state index contributed by atoms with van der Waals surface area (Å²) in [6.45, 7) is 1.72. The number of hydrogen-bond donors (Lipinski definition) is 2. The molecule has 2 rings (SSSR count). The molecule has 1 atom stereocenters. The predicted molar refractivity (Wildman–Crippen MR) is 49.9 cm³/mol. The third kappa shape index (κ3) is 1.75. The highest BCUT2D eigenvalue weighted by molar-refractivity contribution is 5.84. The molecule has 3 N–H and O–H groups in total. The molecule has 0 amide bonds. The van der Waals surface area contributed by atoms with Crippen molar-refractivity contribution in [2.75, 3.05) is 25.5 Å². The number of nitrogen functional groups attached to an aromatic ring is 1. The number of carbonyl (C=O) groups excluding carboxylic acids is 1. The number of nitrogens with zero attached hydrogens (tertiary/aromatic N) is 2. The molecular weight excluding hydrogens is 184 g/mol. The van der Waals surface area contributed by atoms with Crippen LogP contribution in [0, 0.1) is 0 Å². The Morgan fingerprint density at radius 2 is 2.64 bits per heavy atom. The fraction of sp³-hybridized carbons (Fsp3) is 0.500. The Morgan fingerprint density at radius 3 is 3.21 bits per heavy atom. The van der Waals surface area contributed by atoms with Crippen LogP contribution in [-0.2, 0) is 4.74 Å². The molecule has 6 heteroatoms. The van der Waals surface area contributed by atoms with E-state index < -0.39 is 0 Å². The van der Waals surface area contributed by atoms with Crippen LogP contribution in [0.25, 0.3) is 0 Å². The lowest BCUT2D eigenvalue weighted by molar-refractivity contribution is 0.0532. The minimum atomic E-state index is -0.317.